The van der Waals surface area contributed by atoms with Gasteiger partial charge in [-0.15, -0.1) is 0 Å². The molecule has 6 nitrogen and oxygen atoms in total. The number of nitrogens with zero attached hydrogens (tertiary/aromatic N) is 2. The number of aryl methyl sites for hydroxylation is 1. The molecule has 0 atom stereocenters. The van der Waals surface area contributed by atoms with E-state index in [1.54, 1.807) is 6.20 Å². The van der Waals surface area contributed by atoms with Crippen LogP contribution in [0.4, 0.5) is 5.82 Å². The van der Waals surface area contributed by atoms with Crippen LogP contribution in [0.3, 0.4) is 0 Å². The Labute approximate surface area is 111 Å². The predicted octanol–water partition coefficient (Wildman–Crippen LogP) is 1.64. The van der Waals surface area contributed by atoms with Gasteiger partial charge < -0.3 is 0 Å². The van der Waals surface area contributed by atoms with Crippen molar-refractivity contribution < 1.29 is 8.42 Å². The van der Waals surface area contributed by atoms with E-state index < -0.39 is 10.0 Å². The molecule has 19 heavy (non-hydrogen) atoms. The van der Waals surface area contributed by atoms with Gasteiger partial charge in [0.2, 0.25) is 0 Å². The molecule has 1 aromatic carbocycles. The molecule has 2 aromatic rings. The molecule has 0 fully saturated rings. The van der Waals surface area contributed by atoms with Crippen LogP contribution in [0.2, 0.25) is 0 Å². The summed E-state index contributed by atoms with van der Waals surface area (Å²) in [6, 6.07) is 7.64. The van der Waals surface area contributed by atoms with Gasteiger partial charge in [0.05, 0.1) is 22.7 Å². The van der Waals surface area contributed by atoms with Gasteiger partial charge in [0.15, 0.2) is 0 Å². The highest BCUT2D eigenvalue weighted by molar-refractivity contribution is 7.92. The molecule has 0 bridgehead atoms. The number of sulfonamides is 1. The van der Waals surface area contributed by atoms with Crippen LogP contribution in [-0.2, 0) is 16.4 Å². The van der Waals surface area contributed by atoms with E-state index in [1.165, 1.54) is 24.3 Å². The first-order valence-electron chi connectivity index (χ1n) is 5.62. The lowest BCUT2D eigenvalue weighted by Gasteiger charge is -2.07. The average molecular weight is 276 g/mol. The molecule has 2 rings (SSSR count). The van der Waals surface area contributed by atoms with Crippen LogP contribution >= 0.6 is 0 Å². The van der Waals surface area contributed by atoms with Crippen LogP contribution < -0.4 is 4.72 Å². The third-order valence-corrected chi connectivity index (χ3v) is 3.99. The van der Waals surface area contributed by atoms with Crippen LogP contribution in [0, 0.1) is 11.3 Å². The number of H-pyrrole nitrogens is 1. The lowest BCUT2D eigenvalue weighted by atomic mass is 10.2. The first-order chi connectivity index (χ1) is 9.06. The third kappa shape index (κ3) is 2.74. The number of nitriles is 1. The number of nitrogens with one attached hydrogen (secondary N) is 2. The lowest BCUT2D eigenvalue weighted by Crippen LogP contribution is -2.14. The summed E-state index contributed by atoms with van der Waals surface area (Å²) in [5.41, 5.74) is 1.20. The minimum Gasteiger partial charge on any atom is -0.264 e. The quantitative estimate of drug-likeness (QED) is 0.886. The topological polar surface area (TPSA) is 98.6 Å². The molecule has 7 heteroatoms. The molecule has 0 aliphatic heterocycles. The van der Waals surface area contributed by atoms with E-state index in [0.29, 0.717) is 17.8 Å². The van der Waals surface area contributed by atoms with Crippen molar-refractivity contribution in [2.24, 2.45) is 0 Å². The Morgan fingerprint density at radius 2 is 2.05 bits per heavy atom. The van der Waals surface area contributed by atoms with Gasteiger partial charge in [0, 0.05) is 5.56 Å². The van der Waals surface area contributed by atoms with E-state index in [-0.39, 0.29) is 4.90 Å². The molecule has 0 aliphatic carbocycles. The van der Waals surface area contributed by atoms with Crippen LogP contribution in [-0.4, -0.2) is 18.6 Å². The average Bonchev–Trinajstić information content (AvgIpc) is 2.85. The fourth-order valence-corrected chi connectivity index (χ4v) is 2.63. The molecule has 1 aromatic heterocycles. The Morgan fingerprint density at radius 1 is 1.37 bits per heavy atom. The summed E-state index contributed by atoms with van der Waals surface area (Å²) in [6.07, 6.45) is 2.25. The first-order valence-corrected chi connectivity index (χ1v) is 7.10. The fourth-order valence-electron chi connectivity index (χ4n) is 1.57. The number of rotatable bonds is 4. The molecule has 0 saturated carbocycles. The molecule has 0 amide bonds. The van der Waals surface area contributed by atoms with Crippen molar-refractivity contribution in [3.05, 3.63) is 41.6 Å². The maximum absolute atomic E-state index is 12.1. The Bertz CT molecular complexity index is 711. The number of hydrogen-bond donors (Lipinski definition) is 2. The predicted molar refractivity (Wildman–Crippen MR) is 69.9 cm³/mol. The summed E-state index contributed by atoms with van der Waals surface area (Å²) in [4.78, 5) is 0.100. The lowest BCUT2D eigenvalue weighted by molar-refractivity contribution is 0.601. The van der Waals surface area contributed by atoms with Gasteiger partial charge >= 0.3 is 0 Å². The second kappa shape index (κ2) is 5.12. The minimum absolute atomic E-state index is 0.100. The van der Waals surface area contributed by atoms with Crippen LogP contribution in [0.25, 0.3) is 0 Å². The summed E-state index contributed by atoms with van der Waals surface area (Å²) in [6.45, 7) is 1.91. The van der Waals surface area contributed by atoms with E-state index in [4.69, 9.17) is 5.26 Å². The SMILES string of the molecule is CCc1cn[nH]c1NS(=O)(=O)c1ccc(C#N)cc1. The number of benzene rings is 1. The van der Waals surface area contributed by atoms with Crippen molar-refractivity contribution >= 4 is 15.8 Å². The van der Waals surface area contributed by atoms with Crippen molar-refractivity contribution in [2.45, 2.75) is 18.2 Å². The standard InChI is InChI=1S/C12H12N4O2S/c1-2-10-8-14-15-12(10)16-19(17,18)11-5-3-9(7-13)4-6-11/h3-6,8H,2H2,1H3,(H2,14,15,16). The molecule has 0 saturated heterocycles. The van der Waals surface area contributed by atoms with E-state index in [1.807, 2.05) is 13.0 Å². The van der Waals surface area contributed by atoms with Gasteiger partial charge in [0.1, 0.15) is 5.82 Å². The Hall–Kier alpha value is -2.33. The largest absolute Gasteiger partial charge is 0.264 e. The Morgan fingerprint density at radius 3 is 2.63 bits per heavy atom. The summed E-state index contributed by atoms with van der Waals surface area (Å²) < 4.78 is 26.7. The van der Waals surface area contributed by atoms with Crippen LogP contribution in [0.1, 0.15) is 18.1 Å². The minimum atomic E-state index is -3.67. The smallest absolute Gasteiger partial charge is 0.263 e. The normalized spacial score (nSPS) is 10.9. The number of hydrogen-bond acceptors (Lipinski definition) is 4. The van der Waals surface area contributed by atoms with Crippen molar-refractivity contribution in [1.82, 2.24) is 10.2 Å². The monoisotopic (exact) mass is 276 g/mol. The summed E-state index contributed by atoms with van der Waals surface area (Å²) in [5.74, 6) is 0.367. The van der Waals surface area contributed by atoms with E-state index >= 15 is 0 Å². The van der Waals surface area contributed by atoms with Gasteiger partial charge in [-0.2, -0.15) is 10.4 Å². The van der Waals surface area contributed by atoms with Gasteiger partial charge in [-0.25, -0.2) is 8.42 Å². The highest BCUT2D eigenvalue weighted by Gasteiger charge is 2.16. The number of aromatic nitrogens is 2. The Kier molecular flexibility index (Phi) is 3.53. The van der Waals surface area contributed by atoms with Crippen molar-refractivity contribution in [1.29, 1.82) is 5.26 Å². The van der Waals surface area contributed by atoms with E-state index in [0.717, 1.165) is 5.56 Å². The second-order valence-corrected chi connectivity index (χ2v) is 5.55. The van der Waals surface area contributed by atoms with Crippen molar-refractivity contribution in [3.63, 3.8) is 0 Å². The summed E-state index contributed by atoms with van der Waals surface area (Å²) in [5, 5.41) is 15.1. The van der Waals surface area contributed by atoms with Crippen molar-refractivity contribution in [2.75, 3.05) is 4.72 Å². The maximum Gasteiger partial charge on any atom is 0.263 e. The van der Waals surface area contributed by atoms with Crippen molar-refractivity contribution in [3.8, 4) is 6.07 Å². The maximum atomic E-state index is 12.1. The number of aromatic amines is 1. The second-order valence-electron chi connectivity index (χ2n) is 3.87. The molecular weight excluding hydrogens is 264 g/mol. The molecule has 0 radical (unpaired) electrons. The summed E-state index contributed by atoms with van der Waals surface area (Å²) in [7, 11) is -3.67. The van der Waals surface area contributed by atoms with Crippen LogP contribution in [0.5, 0.6) is 0 Å². The zero-order valence-corrected chi connectivity index (χ0v) is 11.0. The Balaban J connectivity index is 2.30. The highest BCUT2D eigenvalue weighted by atomic mass is 32.2. The zero-order valence-electron chi connectivity index (χ0n) is 10.2. The molecule has 0 unspecified atom stereocenters. The van der Waals surface area contributed by atoms with Gasteiger partial charge in [-0.05, 0) is 30.7 Å². The molecule has 0 aliphatic rings. The zero-order chi connectivity index (χ0) is 13.9. The molecule has 0 spiro atoms. The summed E-state index contributed by atoms with van der Waals surface area (Å²) >= 11 is 0. The molecule has 98 valence electrons. The van der Waals surface area contributed by atoms with Gasteiger partial charge in [-0.1, -0.05) is 6.92 Å². The van der Waals surface area contributed by atoms with Gasteiger partial charge in [-0.3, -0.25) is 9.82 Å². The number of anilines is 1. The first kappa shape index (κ1) is 13.1. The highest BCUT2D eigenvalue weighted by Crippen LogP contribution is 2.18. The van der Waals surface area contributed by atoms with Gasteiger partial charge in [0.25, 0.3) is 10.0 Å². The van der Waals surface area contributed by atoms with Crippen LogP contribution in [0.15, 0.2) is 35.4 Å². The van der Waals surface area contributed by atoms with E-state index in [9.17, 15) is 8.42 Å². The molecule has 1 heterocycles. The third-order valence-electron chi connectivity index (χ3n) is 2.63. The molecule has 2 N–H and O–H groups in total. The molecular formula is C12H12N4O2S. The fraction of sp³-hybridized carbons (Fsp3) is 0.167. The van der Waals surface area contributed by atoms with E-state index in [2.05, 4.69) is 14.9 Å².